The highest BCUT2D eigenvalue weighted by Gasteiger charge is 2.09. The summed E-state index contributed by atoms with van der Waals surface area (Å²) in [6.45, 7) is 1.96. The molecule has 0 spiro atoms. The maximum absolute atomic E-state index is 12.1. The Morgan fingerprint density at radius 1 is 1.07 bits per heavy atom. The van der Waals surface area contributed by atoms with Crippen molar-refractivity contribution >= 4 is 38.6 Å². The summed E-state index contributed by atoms with van der Waals surface area (Å²) in [5.74, 6) is 0.963. The van der Waals surface area contributed by atoms with E-state index in [1.807, 2.05) is 61.5 Å². The van der Waals surface area contributed by atoms with Crippen LogP contribution in [0.5, 0.6) is 5.75 Å². The molecule has 0 aliphatic carbocycles. The Balaban J connectivity index is 1.39. The minimum Gasteiger partial charge on any atom is -0.484 e. The largest absolute Gasteiger partial charge is 0.484 e. The van der Waals surface area contributed by atoms with E-state index in [4.69, 9.17) is 9.15 Å². The van der Waals surface area contributed by atoms with E-state index in [1.54, 1.807) is 12.1 Å². The Morgan fingerprint density at radius 3 is 2.57 bits per heavy atom. The van der Waals surface area contributed by atoms with E-state index in [2.05, 4.69) is 26.2 Å². The summed E-state index contributed by atoms with van der Waals surface area (Å²) in [5.41, 5.74) is 4.24. The fraction of sp³-hybridized carbons (Fsp3) is 0.0909. The molecule has 0 unspecified atom stereocenters. The van der Waals surface area contributed by atoms with Gasteiger partial charge in [-0.3, -0.25) is 4.79 Å². The van der Waals surface area contributed by atoms with Gasteiger partial charge in [0.1, 0.15) is 11.3 Å². The summed E-state index contributed by atoms with van der Waals surface area (Å²) < 4.78 is 12.2. The molecule has 0 bridgehead atoms. The van der Waals surface area contributed by atoms with Crippen molar-refractivity contribution in [2.24, 2.45) is 0 Å². The van der Waals surface area contributed by atoms with Crippen LogP contribution in [0.2, 0.25) is 0 Å². The molecule has 1 amide bonds. The molecule has 28 heavy (non-hydrogen) atoms. The topological polar surface area (TPSA) is 64.4 Å². The first-order valence-electron chi connectivity index (χ1n) is 8.73. The summed E-state index contributed by atoms with van der Waals surface area (Å²) >= 11 is 3.36. The molecule has 0 saturated heterocycles. The van der Waals surface area contributed by atoms with Crippen molar-refractivity contribution in [3.8, 4) is 17.2 Å². The van der Waals surface area contributed by atoms with Gasteiger partial charge >= 0.3 is 0 Å². The van der Waals surface area contributed by atoms with Crippen LogP contribution in [0.4, 0.5) is 5.69 Å². The average Bonchev–Trinajstić information content (AvgIpc) is 3.11. The van der Waals surface area contributed by atoms with Gasteiger partial charge in [0.2, 0.25) is 5.89 Å². The third kappa shape index (κ3) is 4.23. The second kappa shape index (κ2) is 7.86. The molecule has 6 heteroatoms. The predicted molar refractivity (Wildman–Crippen MR) is 112 cm³/mol. The number of nitrogens with one attached hydrogen (secondary N) is 1. The maximum Gasteiger partial charge on any atom is 0.262 e. The summed E-state index contributed by atoms with van der Waals surface area (Å²) in [5, 5.41) is 2.81. The minimum absolute atomic E-state index is 0.0616. The number of nitrogens with zero attached hydrogens (tertiary/aromatic N) is 1. The van der Waals surface area contributed by atoms with Crippen molar-refractivity contribution in [3.05, 3.63) is 76.8 Å². The SMILES string of the molecule is Cc1ccc2oc(-c3ccc(NC(=O)COc4ccc(Br)cc4)cc3)nc2c1. The van der Waals surface area contributed by atoms with Crippen molar-refractivity contribution < 1.29 is 13.9 Å². The molecule has 4 rings (SSSR count). The minimum atomic E-state index is -0.229. The van der Waals surface area contributed by atoms with E-state index in [1.165, 1.54) is 0 Å². The molecular weight excluding hydrogens is 420 g/mol. The third-order valence-electron chi connectivity index (χ3n) is 4.14. The van der Waals surface area contributed by atoms with Crippen LogP contribution in [0.15, 0.2) is 75.6 Å². The smallest absolute Gasteiger partial charge is 0.262 e. The second-order valence-electron chi connectivity index (χ2n) is 6.36. The van der Waals surface area contributed by atoms with E-state index in [0.717, 1.165) is 26.7 Å². The zero-order chi connectivity index (χ0) is 19.5. The van der Waals surface area contributed by atoms with Gasteiger partial charge in [-0.25, -0.2) is 4.98 Å². The first kappa shape index (κ1) is 18.3. The lowest BCUT2D eigenvalue weighted by atomic mass is 10.2. The predicted octanol–water partition coefficient (Wildman–Crippen LogP) is 5.58. The summed E-state index contributed by atoms with van der Waals surface area (Å²) in [7, 11) is 0. The van der Waals surface area contributed by atoms with Crippen LogP contribution in [0.3, 0.4) is 0 Å². The molecule has 1 heterocycles. The van der Waals surface area contributed by atoms with Crippen molar-refractivity contribution in [2.75, 3.05) is 11.9 Å². The molecular formula is C22H17BrN2O3. The van der Waals surface area contributed by atoms with E-state index in [-0.39, 0.29) is 12.5 Å². The molecule has 0 aliphatic heterocycles. The number of fused-ring (bicyclic) bond motifs is 1. The zero-order valence-corrected chi connectivity index (χ0v) is 16.7. The Bertz CT molecular complexity index is 1120. The lowest BCUT2D eigenvalue weighted by Crippen LogP contribution is -2.20. The molecule has 0 fully saturated rings. The van der Waals surface area contributed by atoms with E-state index in [0.29, 0.717) is 17.3 Å². The first-order chi connectivity index (χ1) is 13.6. The van der Waals surface area contributed by atoms with Gasteiger partial charge in [0.15, 0.2) is 12.2 Å². The normalized spacial score (nSPS) is 10.8. The highest BCUT2D eigenvalue weighted by atomic mass is 79.9. The van der Waals surface area contributed by atoms with Gasteiger partial charge in [-0.05, 0) is 73.2 Å². The van der Waals surface area contributed by atoms with Crippen molar-refractivity contribution in [2.45, 2.75) is 6.92 Å². The summed E-state index contributed by atoms with van der Waals surface area (Å²) in [4.78, 5) is 16.6. The van der Waals surface area contributed by atoms with Gasteiger partial charge in [0.25, 0.3) is 5.91 Å². The van der Waals surface area contributed by atoms with Gasteiger partial charge < -0.3 is 14.5 Å². The monoisotopic (exact) mass is 436 g/mol. The number of anilines is 1. The average molecular weight is 437 g/mol. The van der Waals surface area contributed by atoms with Crippen LogP contribution in [-0.4, -0.2) is 17.5 Å². The number of amides is 1. The van der Waals surface area contributed by atoms with E-state index < -0.39 is 0 Å². The van der Waals surface area contributed by atoms with Crippen LogP contribution in [0.25, 0.3) is 22.6 Å². The molecule has 0 radical (unpaired) electrons. The fourth-order valence-electron chi connectivity index (χ4n) is 2.73. The Kier molecular flexibility index (Phi) is 5.12. The van der Waals surface area contributed by atoms with Crippen LogP contribution in [0, 0.1) is 6.92 Å². The Labute approximate surface area is 170 Å². The van der Waals surface area contributed by atoms with Gasteiger partial charge in [0.05, 0.1) is 0 Å². The number of halogens is 1. The number of aryl methyl sites for hydroxylation is 1. The molecule has 0 aliphatic rings. The second-order valence-corrected chi connectivity index (χ2v) is 7.27. The molecule has 3 aromatic carbocycles. The van der Waals surface area contributed by atoms with Crippen molar-refractivity contribution in [3.63, 3.8) is 0 Å². The van der Waals surface area contributed by atoms with Gasteiger partial charge in [0, 0.05) is 15.7 Å². The lowest BCUT2D eigenvalue weighted by Gasteiger charge is -2.08. The number of hydrogen-bond donors (Lipinski definition) is 1. The maximum atomic E-state index is 12.1. The number of oxazole rings is 1. The van der Waals surface area contributed by atoms with Gasteiger partial charge in [-0.2, -0.15) is 0 Å². The van der Waals surface area contributed by atoms with Gasteiger partial charge in [-0.15, -0.1) is 0 Å². The quantitative estimate of drug-likeness (QED) is 0.443. The van der Waals surface area contributed by atoms with Crippen LogP contribution >= 0.6 is 15.9 Å². The number of rotatable bonds is 5. The molecule has 0 atom stereocenters. The molecule has 5 nitrogen and oxygen atoms in total. The number of aromatic nitrogens is 1. The number of benzene rings is 3. The first-order valence-corrected chi connectivity index (χ1v) is 9.52. The summed E-state index contributed by atoms with van der Waals surface area (Å²) in [6, 6.07) is 20.6. The van der Waals surface area contributed by atoms with E-state index >= 15 is 0 Å². The molecule has 0 saturated carbocycles. The number of hydrogen-bond acceptors (Lipinski definition) is 4. The van der Waals surface area contributed by atoms with Crippen molar-refractivity contribution in [1.82, 2.24) is 4.98 Å². The molecule has 4 aromatic rings. The summed E-state index contributed by atoms with van der Waals surface area (Å²) in [6.07, 6.45) is 0. The number of carbonyl (C=O) groups excluding carboxylic acids is 1. The van der Waals surface area contributed by atoms with E-state index in [9.17, 15) is 4.79 Å². The fourth-order valence-corrected chi connectivity index (χ4v) is 3.00. The number of ether oxygens (including phenoxy) is 1. The lowest BCUT2D eigenvalue weighted by molar-refractivity contribution is -0.118. The molecule has 1 N–H and O–H groups in total. The standard InChI is InChI=1S/C22H17BrN2O3/c1-14-2-11-20-19(12-14)25-22(28-20)15-3-7-17(8-4-15)24-21(26)13-27-18-9-5-16(23)6-10-18/h2-12H,13H2,1H3,(H,24,26). The van der Waals surface area contributed by atoms with Crippen LogP contribution in [0.1, 0.15) is 5.56 Å². The zero-order valence-electron chi connectivity index (χ0n) is 15.1. The Morgan fingerprint density at radius 2 is 1.82 bits per heavy atom. The third-order valence-corrected chi connectivity index (χ3v) is 4.67. The van der Waals surface area contributed by atoms with Crippen molar-refractivity contribution in [1.29, 1.82) is 0 Å². The van der Waals surface area contributed by atoms with Crippen LogP contribution in [-0.2, 0) is 4.79 Å². The van der Waals surface area contributed by atoms with Crippen LogP contribution < -0.4 is 10.1 Å². The highest BCUT2D eigenvalue weighted by molar-refractivity contribution is 9.10. The highest BCUT2D eigenvalue weighted by Crippen LogP contribution is 2.26. The molecule has 140 valence electrons. The molecule has 1 aromatic heterocycles. The number of carbonyl (C=O) groups is 1. The Hall–Kier alpha value is -3.12. The van der Waals surface area contributed by atoms with Gasteiger partial charge in [-0.1, -0.05) is 22.0 Å².